The summed E-state index contributed by atoms with van der Waals surface area (Å²) in [5.41, 5.74) is 1.02. The van der Waals surface area contributed by atoms with Gasteiger partial charge >= 0.3 is 0 Å². The number of aliphatic hydroxyl groups is 1. The fraction of sp³-hybridized carbons (Fsp3) is 0.533. The molecule has 0 bridgehead atoms. The van der Waals surface area contributed by atoms with Gasteiger partial charge in [-0.05, 0) is 30.5 Å². The molecular weight excluding hydrogens is 274 g/mol. The van der Waals surface area contributed by atoms with Crippen LogP contribution in [0.15, 0.2) is 29.2 Å². The minimum Gasteiger partial charge on any atom is -0.394 e. The molecule has 0 saturated carbocycles. The van der Waals surface area contributed by atoms with Gasteiger partial charge in [0.05, 0.1) is 25.7 Å². The van der Waals surface area contributed by atoms with Gasteiger partial charge in [-0.2, -0.15) is 0 Å². The maximum absolute atomic E-state index is 12.2. The number of ether oxygens (including phenoxy) is 1. The molecule has 1 fully saturated rings. The third-order valence-electron chi connectivity index (χ3n) is 3.53. The number of amides is 1. The Kier molecular flexibility index (Phi) is 5.88. The second kappa shape index (κ2) is 7.67. The molecule has 1 amide bonds. The van der Waals surface area contributed by atoms with E-state index < -0.39 is 0 Å². The molecule has 1 heterocycles. The Labute approximate surface area is 125 Å². The average molecular weight is 295 g/mol. The van der Waals surface area contributed by atoms with Gasteiger partial charge in [0.1, 0.15) is 0 Å². The average Bonchev–Trinajstić information content (AvgIpc) is 2.48. The van der Waals surface area contributed by atoms with E-state index >= 15 is 0 Å². The van der Waals surface area contributed by atoms with Crippen molar-refractivity contribution in [3.05, 3.63) is 29.8 Å². The minimum atomic E-state index is 0.0558. The first-order valence-electron chi connectivity index (χ1n) is 6.97. The van der Waals surface area contributed by atoms with E-state index in [9.17, 15) is 4.79 Å². The third kappa shape index (κ3) is 4.51. The Morgan fingerprint density at radius 2 is 1.95 bits per heavy atom. The first-order valence-corrected chi connectivity index (χ1v) is 7.42. The molecule has 0 atom stereocenters. The number of hydrogen-bond acceptors (Lipinski definition) is 4. The molecule has 1 aromatic carbocycles. The minimum absolute atomic E-state index is 0.0558. The van der Waals surface area contributed by atoms with E-state index in [0.717, 1.165) is 36.4 Å². The number of carbonyl (C=O) groups is 1. The van der Waals surface area contributed by atoms with Crippen molar-refractivity contribution in [1.29, 1.82) is 0 Å². The number of hydrogen-bond donors (Lipinski definition) is 2. The van der Waals surface area contributed by atoms with Crippen LogP contribution in [0.4, 0.5) is 0 Å². The van der Waals surface area contributed by atoms with Crippen molar-refractivity contribution in [2.45, 2.75) is 30.3 Å². The molecule has 0 aromatic heterocycles. The van der Waals surface area contributed by atoms with E-state index in [1.165, 1.54) is 0 Å². The summed E-state index contributed by atoms with van der Waals surface area (Å²) in [6.07, 6.45) is 2.31. The number of aliphatic hydroxyl groups excluding tert-OH is 1. The fourth-order valence-electron chi connectivity index (χ4n) is 2.39. The summed E-state index contributed by atoms with van der Waals surface area (Å²) >= 11 is 4.23. The van der Waals surface area contributed by atoms with Crippen molar-refractivity contribution >= 4 is 18.5 Å². The lowest BCUT2D eigenvalue weighted by molar-refractivity contribution is -0.133. The lowest BCUT2D eigenvalue weighted by Crippen LogP contribution is -2.41. The van der Waals surface area contributed by atoms with E-state index in [1.54, 1.807) is 0 Å². The van der Waals surface area contributed by atoms with Crippen LogP contribution in [0.2, 0.25) is 0 Å². The highest BCUT2D eigenvalue weighted by molar-refractivity contribution is 7.80. The highest BCUT2D eigenvalue weighted by atomic mass is 32.1. The SMILES string of the molecule is O=C(Cc1ccc(S)cc1)N1CCC(OCCO)CC1. The van der Waals surface area contributed by atoms with Crippen LogP contribution in [0.3, 0.4) is 0 Å². The molecule has 1 aromatic rings. The maximum Gasteiger partial charge on any atom is 0.226 e. The molecule has 0 unspecified atom stereocenters. The van der Waals surface area contributed by atoms with Gasteiger partial charge in [-0.15, -0.1) is 12.6 Å². The summed E-state index contributed by atoms with van der Waals surface area (Å²) < 4.78 is 5.50. The maximum atomic E-state index is 12.2. The first-order chi connectivity index (χ1) is 9.69. The highest BCUT2D eigenvalue weighted by Crippen LogP contribution is 2.15. The number of piperidine rings is 1. The van der Waals surface area contributed by atoms with Gasteiger partial charge in [-0.3, -0.25) is 4.79 Å². The molecule has 2 rings (SSSR count). The molecule has 1 aliphatic rings. The second-order valence-corrected chi connectivity index (χ2v) is 5.53. The molecule has 0 radical (unpaired) electrons. The molecule has 20 heavy (non-hydrogen) atoms. The molecule has 0 spiro atoms. The van der Waals surface area contributed by atoms with Crippen LogP contribution in [-0.4, -0.2) is 48.3 Å². The van der Waals surface area contributed by atoms with E-state index in [1.807, 2.05) is 29.2 Å². The lowest BCUT2D eigenvalue weighted by Gasteiger charge is -2.32. The predicted molar refractivity (Wildman–Crippen MR) is 80.0 cm³/mol. The third-order valence-corrected chi connectivity index (χ3v) is 3.83. The Morgan fingerprint density at radius 3 is 2.55 bits per heavy atom. The normalized spacial score (nSPS) is 16.4. The number of likely N-dealkylation sites (tertiary alicyclic amines) is 1. The molecule has 110 valence electrons. The summed E-state index contributed by atoms with van der Waals surface area (Å²) in [5.74, 6) is 0.164. The zero-order valence-corrected chi connectivity index (χ0v) is 12.4. The molecule has 4 nitrogen and oxygen atoms in total. The van der Waals surface area contributed by atoms with Crippen molar-refractivity contribution in [2.75, 3.05) is 26.3 Å². The van der Waals surface area contributed by atoms with Crippen LogP contribution in [0.25, 0.3) is 0 Å². The van der Waals surface area contributed by atoms with Gasteiger partial charge in [0, 0.05) is 18.0 Å². The van der Waals surface area contributed by atoms with Crippen molar-refractivity contribution in [3.63, 3.8) is 0 Å². The van der Waals surface area contributed by atoms with Gasteiger partial charge in [-0.1, -0.05) is 12.1 Å². The zero-order valence-electron chi connectivity index (χ0n) is 11.5. The smallest absolute Gasteiger partial charge is 0.226 e. The Balaban J connectivity index is 1.78. The Bertz CT molecular complexity index is 427. The van der Waals surface area contributed by atoms with Crippen LogP contribution in [0.5, 0.6) is 0 Å². The van der Waals surface area contributed by atoms with Gasteiger partial charge in [0.15, 0.2) is 0 Å². The van der Waals surface area contributed by atoms with E-state index in [2.05, 4.69) is 12.6 Å². The standard InChI is InChI=1S/C15H21NO3S/c17-9-10-19-13-5-7-16(8-6-13)15(18)11-12-1-3-14(20)4-2-12/h1-4,13,17,20H,5-11H2. The topological polar surface area (TPSA) is 49.8 Å². The fourth-order valence-corrected chi connectivity index (χ4v) is 2.54. The van der Waals surface area contributed by atoms with Crippen LogP contribution in [-0.2, 0) is 16.0 Å². The summed E-state index contributed by atoms with van der Waals surface area (Å²) in [6.45, 7) is 1.91. The van der Waals surface area contributed by atoms with Crippen LogP contribution in [0, 0.1) is 0 Å². The monoisotopic (exact) mass is 295 g/mol. The highest BCUT2D eigenvalue weighted by Gasteiger charge is 2.22. The van der Waals surface area contributed by atoms with Gasteiger partial charge < -0.3 is 14.7 Å². The summed E-state index contributed by atoms with van der Waals surface area (Å²) in [5, 5.41) is 8.73. The van der Waals surface area contributed by atoms with Gasteiger partial charge in [0.2, 0.25) is 5.91 Å². The van der Waals surface area contributed by atoms with Crippen LogP contribution >= 0.6 is 12.6 Å². The number of benzene rings is 1. The van der Waals surface area contributed by atoms with Crippen molar-refractivity contribution in [3.8, 4) is 0 Å². The molecule has 1 aliphatic heterocycles. The van der Waals surface area contributed by atoms with Crippen molar-refractivity contribution < 1.29 is 14.6 Å². The van der Waals surface area contributed by atoms with Crippen LogP contribution < -0.4 is 0 Å². The largest absolute Gasteiger partial charge is 0.394 e. The van der Waals surface area contributed by atoms with Crippen molar-refractivity contribution in [1.82, 2.24) is 4.90 Å². The van der Waals surface area contributed by atoms with Gasteiger partial charge in [0.25, 0.3) is 0 Å². The van der Waals surface area contributed by atoms with Crippen LogP contribution in [0.1, 0.15) is 18.4 Å². The van der Waals surface area contributed by atoms with Crippen molar-refractivity contribution in [2.24, 2.45) is 0 Å². The number of nitrogens with zero attached hydrogens (tertiary/aromatic N) is 1. The lowest BCUT2D eigenvalue weighted by atomic mass is 10.1. The number of thiol groups is 1. The number of carbonyl (C=O) groups excluding carboxylic acids is 1. The van der Waals surface area contributed by atoms with Gasteiger partial charge in [-0.25, -0.2) is 0 Å². The molecule has 0 aliphatic carbocycles. The molecule has 1 saturated heterocycles. The predicted octanol–water partition coefficient (Wildman–Crippen LogP) is 1.52. The molecule has 5 heteroatoms. The van der Waals surface area contributed by atoms with E-state index in [-0.39, 0.29) is 18.6 Å². The Hall–Kier alpha value is -1.04. The summed E-state index contributed by atoms with van der Waals surface area (Å²) in [6, 6.07) is 7.69. The Morgan fingerprint density at radius 1 is 1.30 bits per heavy atom. The summed E-state index contributed by atoms with van der Waals surface area (Å²) in [7, 11) is 0. The second-order valence-electron chi connectivity index (χ2n) is 5.02. The quantitative estimate of drug-likeness (QED) is 0.810. The number of rotatable bonds is 5. The molecule has 1 N–H and O–H groups in total. The van der Waals surface area contributed by atoms with E-state index in [4.69, 9.17) is 9.84 Å². The summed E-state index contributed by atoms with van der Waals surface area (Å²) in [4.78, 5) is 15.0. The van der Waals surface area contributed by atoms with E-state index in [0.29, 0.717) is 13.0 Å². The first kappa shape index (κ1) is 15.4. The molecular formula is C15H21NO3S. The zero-order chi connectivity index (χ0) is 14.4.